The van der Waals surface area contributed by atoms with Gasteiger partial charge in [-0.15, -0.1) is 0 Å². The summed E-state index contributed by atoms with van der Waals surface area (Å²) < 4.78 is 5.52. The van der Waals surface area contributed by atoms with Crippen molar-refractivity contribution in [2.45, 2.75) is 26.1 Å². The highest BCUT2D eigenvalue weighted by Crippen LogP contribution is 2.40. The Kier molecular flexibility index (Phi) is 3.29. The molecule has 110 valence electrons. The molecule has 4 atom stereocenters. The van der Waals surface area contributed by atoms with Crippen LogP contribution in [0.3, 0.4) is 0 Å². The highest BCUT2D eigenvalue weighted by atomic mass is 16.5. The highest BCUT2D eigenvalue weighted by molar-refractivity contribution is 5.97. The molecule has 2 aliphatic rings. The second-order valence-corrected chi connectivity index (χ2v) is 5.65. The fourth-order valence-electron chi connectivity index (χ4n) is 3.00. The van der Waals surface area contributed by atoms with Gasteiger partial charge in [-0.1, -0.05) is 24.3 Å². The fraction of sp³-hybridized carbons (Fsp3) is 0.375. The molecule has 2 bridgehead atoms. The van der Waals surface area contributed by atoms with E-state index in [1.807, 2.05) is 32.0 Å². The number of carboxylic acid groups (broad SMARTS) is 1. The van der Waals surface area contributed by atoms with Crippen molar-refractivity contribution in [3.05, 3.63) is 41.5 Å². The van der Waals surface area contributed by atoms with E-state index in [0.717, 1.165) is 16.8 Å². The van der Waals surface area contributed by atoms with Crippen molar-refractivity contribution >= 4 is 17.6 Å². The van der Waals surface area contributed by atoms with Crippen LogP contribution < -0.4 is 5.32 Å². The zero-order valence-electron chi connectivity index (χ0n) is 11.9. The summed E-state index contributed by atoms with van der Waals surface area (Å²) >= 11 is 0. The van der Waals surface area contributed by atoms with Crippen LogP contribution in [0.1, 0.15) is 11.1 Å². The zero-order valence-corrected chi connectivity index (χ0v) is 11.9. The molecule has 0 radical (unpaired) electrons. The van der Waals surface area contributed by atoms with E-state index in [1.54, 1.807) is 12.2 Å². The lowest BCUT2D eigenvalue weighted by molar-refractivity contribution is -0.145. The van der Waals surface area contributed by atoms with Crippen molar-refractivity contribution < 1.29 is 19.4 Å². The number of aryl methyl sites for hydroxylation is 2. The number of carbonyl (C=O) groups is 2. The molecule has 0 spiro atoms. The lowest BCUT2D eigenvalue weighted by Crippen LogP contribution is -2.39. The van der Waals surface area contributed by atoms with Gasteiger partial charge in [0.25, 0.3) is 0 Å². The summed E-state index contributed by atoms with van der Waals surface area (Å²) in [5, 5.41) is 12.2. The molecule has 5 nitrogen and oxygen atoms in total. The summed E-state index contributed by atoms with van der Waals surface area (Å²) in [6.07, 6.45) is 2.56. The first kappa shape index (κ1) is 13.8. The van der Waals surface area contributed by atoms with E-state index in [-0.39, 0.29) is 5.91 Å². The van der Waals surface area contributed by atoms with Crippen LogP contribution in [0.5, 0.6) is 0 Å². The predicted octanol–water partition coefficient (Wildman–Crippen LogP) is 1.90. The molecule has 2 aliphatic heterocycles. The normalized spacial score (nSPS) is 29.6. The minimum Gasteiger partial charge on any atom is -0.481 e. The first-order valence-electron chi connectivity index (χ1n) is 6.92. The number of ether oxygens (including phenoxy) is 1. The summed E-state index contributed by atoms with van der Waals surface area (Å²) in [5.74, 6) is -2.79. The Morgan fingerprint density at radius 1 is 1.14 bits per heavy atom. The number of benzene rings is 1. The van der Waals surface area contributed by atoms with Crippen LogP contribution in [0.15, 0.2) is 30.4 Å². The van der Waals surface area contributed by atoms with Gasteiger partial charge in [-0.3, -0.25) is 9.59 Å². The van der Waals surface area contributed by atoms with Crippen molar-refractivity contribution in [1.29, 1.82) is 0 Å². The third kappa shape index (κ3) is 2.34. The maximum atomic E-state index is 12.5. The molecule has 0 saturated carbocycles. The molecule has 2 heterocycles. The van der Waals surface area contributed by atoms with Crippen LogP contribution in [0.4, 0.5) is 5.69 Å². The fourth-order valence-corrected chi connectivity index (χ4v) is 3.00. The van der Waals surface area contributed by atoms with Crippen molar-refractivity contribution in [2.24, 2.45) is 11.8 Å². The molecular weight excluding hydrogens is 270 g/mol. The molecule has 1 fully saturated rings. The third-order valence-electron chi connectivity index (χ3n) is 4.14. The Bertz CT molecular complexity index is 637. The molecule has 5 heteroatoms. The number of carbonyl (C=O) groups excluding carboxylic acids is 1. The number of rotatable bonds is 3. The second-order valence-electron chi connectivity index (χ2n) is 5.65. The standard InChI is InChI=1S/C16H17NO4/c1-8-3-4-9(2)10(7-8)17-15(18)13-11-5-6-12(21-11)14(13)16(19)20/h3-7,11-14H,1-2H3,(H,17,18)(H,19,20)/t11-,12-,13-,14-/m1/s1. The number of fused-ring (bicyclic) bond motifs is 2. The molecular formula is C16H17NO4. The molecule has 3 rings (SSSR count). The van der Waals surface area contributed by atoms with E-state index in [1.165, 1.54) is 0 Å². The predicted molar refractivity (Wildman–Crippen MR) is 77.0 cm³/mol. The molecule has 1 aromatic carbocycles. The topological polar surface area (TPSA) is 75.6 Å². The minimum atomic E-state index is -0.993. The number of amides is 1. The quantitative estimate of drug-likeness (QED) is 0.833. The zero-order chi connectivity index (χ0) is 15.1. The van der Waals surface area contributed by atoms with Crippen molar-refractivity contribution in [1.82, 2.24) is 0 Å². The molecule has 1 aromatic rings. The van der Waals surface area contributed by atoms with Gasteiger partial charge in [0.1, 0.15) is 5.92 Å². The van der Waals surface area contributed by atoms with Crippen molar-refractivity contribution in [2.75, 3.05) is 5.32 Å². The van der Waals surface area contributed by atoms with Gasteiger partial charge in [-0.25, -0.2) is 0 Å². The van der Waals surface area contributed by atoms with Crippen LogP contribution >= 0.6 is 0 Å². The second kappa shape index (κ2) is 5.00. The monoisotopic (exact) mass is 287 g/mol. The van der Waals surface area contributed by atoms with Gasteiger partial charge in [-0.2, -0.15) is 0 Å². The lowest BCUT2D eigenvalue weighted by atomic mass is 9.82. The van der Waals surface area contributed by atoms with Crippen LogP contribution in [0.2, 0.25) is 0 Å². The van der Waals surface area contributed by atoms with Gasteiger partial charge in [0.2, 0.25) is 5.91 Å². The Morgan fingerprint density at radius 3 is 2.48 bits per heavy atom. The number of nitrogens with one attached hydrogen (secondary N) is 1. The van der Waals surface area contributed by atoms with Gasteiger partial charge in [-0.05, 0) is 31.0 Å². The first-order chi connectivity index (χ1) is 9.97. The van der Waals surface area contributed by atoms with Gasteiger partial charge in [0, 0.05) is 5.69 Å². The van der Waals surface area contributed by atoms with Gasteiger partial charge in [0.15, 0.2) is 0 Å². The van der Waals surface area contributed by atoms with E-state index in [0.29, 0.717) is 0 Å². The number of hydrogen-bond acceptors (Lipinski definition) is 3. The lowest BCUT2D eigenvalue weighted by Gasteiger charge is -2.21. The molecule has 21 heavy (non-hydrogen) atoms. The largest absolute Gasteiger partial charge is 0.481 e. The average Bonchev–Trinajstić information content (AvgIpc) is 3.03. The minimum absolute atomic E-state index is 0.298. The molecule has 1 saturated heterocycles. The Labute approximate surface area is 122 Å². The smallest absolute Gasteiger partial charge is 0.310 e. The van der Waals surface area contributed by atoms with E-state index < -0.39 is 30.0 Å². The summed E-state index contributed by atoms with van der Waals surface area (Å²) in [6.45, 7) is 3.85. The third-order valence-corrected chi connectivity index (χ3v) is 4.14. The summed E-state index contributed by atoms with van der Waals surface area (Å²) in [6, 6.07) is 5.78. The van der Waals surface area contributed by atoms with E-state index in [9.17, 15) is 14.7 Å². The first-order valence-corrected chi connectivity index (χ1v) is 6.92. The number of aliphatic carboxylic acids is 1. The van der Waals surface area contributed by atoms with E-state index >= 15 is 0 Å². The Morgan fingerprint density at radius 2 is 1.81 bits per heavy atom. The van der Waals surface area contributed by atoms with Crippen LogP contribution in [-0.4, -0.2) is 29.2 Å². The van der Waals surface area contributed by atoms with Gasteiger partial charge < -0.3 is 15.2 Å². The number of hydrogen-bond donors (Lipinski definition) is 2. The SMILES string of the molecule is Cc1ccc(C)c(NC(=O)[C@H]2[C@H](C(=O)O)[C@H]3C=C[C@H]2O3)c1. The average molecular weight is 287 g/mol. The van der Waals surface area contributed by atoms with Crippen LogP contribution in [0.25, 0.3) is 0 Å². The molecule has 1 amide bonds. The van der Waals surface area contributed by atoms with Gasteiger partial charge >= 0.3 is 5.97 Å². The molecule has 0 aliphatic carbocycles. The number of carboxylic acids is 1. The summed E-state index contributed by atoms with van der Waals surface area (Å²) in [4.78, 5) is 23.9. The van der Waals surface area contributed by atoms with Crippen LogP contribution in [-0.2, 0) is 14.3 Å². The van der Waals surface area contributed by atoms with Gasteiger partial charge in [0.05, 0.1) is 18.1 Å². The van der Waals surface area contributed by atoms with Crippen molar-refractivity contribution in [3.63, 3.8) is 0 Å². The van der Waals surface area contributed by atoms with E-state index in [4.69, 9.17) is 4.74 Å². The Hall–Kier alpha value is -2.14. The summed E-state index contributed by atoms with van der Waals surface area (Å²) in [7, 11) is 0. The molecule has 0 aromatic heterocycles. The maximum Gasteiger partial charge on any atom is 0.310 e. The molecule has 0 unspecified atom stereocenters. The van der Waals surface area contributed by atoms with Crippen LogP contribution in [0, 0.1) is 25.7 Å². The Balaban J connectivity index is 1.83. The van der Waals surface area contributed by atoms with E-state index in [2.05, 4.69) is 5.32 Å². The molecule has 2 N–H and O–H groups in total. The summed E-state index contributed by atoms with van der Waals surface area (Å²) in [5.41, 5.74) is 2.70. The highest BCUT2D eigenvalue weighted by Gasteiger charge is 2.53. The number of anilines is 1. The van der Waals surface area contributed by atoms with Crippen molar-refractivity contribution in [3.8, 4) is 0 Å². The maximum absolute atomic E-state index is 12.5.